The van der Waals surface area contributed by atoms with E-state index >= 15 is 0 Å². The third-order valence-corrected chi connectivity index (χ3v) is 16.1. The van der Waals surface area contributed by atoms with Crippen LogP contribution in [0.1, 0.15) is 25.0 Å². The zero-order valence-corrected chi connectivity index (χ0v) is 37.6. The third-order valence-electron chi connectivity index (χ3n) is 13.8. The summed E-state index contributed by atoms with van der Waals surface area (Å²) in [5, 5.41) is 6.80. The molecule has 0 saturated heterocycles. The maximum absolute atomic E-state index is 6.64. The van der Waals surface area contributed by atoms with Crippen molar-refractivity contribution in [2.45, 2.75) is 19.3 Å². The van der Waals surface area contributed by atoms with Gasteiger partial charge in [0, 0.05) is 73.2 Å². The number of aromatic nitrogens is 3. The zero-order valence-electron chi connectivity index (χ0n) is 36.0. The molecule has 9 aromatic carbocycles. The summed E-state index contributed by atoms with van der Waals surface area (Å²) in [5.41, 5.74) is 14.5. The summed E-state index contributed by atoms with van der Waals surface area (Å²) in [4.78, 5) is 16.2. The van der Waals surface area contributed by atoms with Crippen molar-refractivity contribution in [3.05, 3.63) is 199 Å². The zero-order chi connectivity index (χ0) is 43.7. The molecule has 0 radical (unpaired) electrons. The van der Waals surface area contributed by atoms with Gasteiger partial charge in [-0.1, -0.05) is 147 Å². The standard InChI is InChI=1S/C60H37N3OS2/c1-60(2)47-22-6-3-15-38(47)45-32-36(27-29-48(45)60)34-13-9-14-35(31-34)37-28-30-49-46(33-37)54-42(19-11-23-50(54)64-49)57-61-58(43-20-12-26-53-55(43)41-17-5-8-25-52(41)65-53)63-59(62-57)44-21-10-18-40-39-16-4-7-24-51(39)66-56(40)44/h3-33H,1-2H3. The Morgan fingerprint density at radius 2 is 0.924 bits per heavy atom. The summed E-state index contributed by atoms with van der Waals surface area (Å²) >= 11 is 3.58. The monoisotopic (exact) mass is 879 g/mol. The Balaban J connectivity index is 0.949. The Morgan fingerprint density at radius 1 is 0.364 bits per heavy atom. The lowest BCUT2D eigenvalue weighted by molar-refractivity contribution is 0.660. The van der Waals surface area contributed by atoms with Gasteiger partial charge in [-0.2, -0.15) is 0 Å². The second kappa shape index (κ2) is 14.1. The quantitative estimate of drug-likeness (QED) is 0.173. The van der Waals surface area contributed by atoms with E-state index in [0.29, 0.717) is 17.5 Å². The highest BCUT2D eigenvalue weighted by Gasteiger charge is 2.35. The normalized spacial score (nSPS) is 13.1. The van der Waals surface area contributed by atoms with Crippen molar-refractivity contribution >= 4 is 85.0 Å². The van der Waals surface area contributed by atoms with Crippen LogP contribution in [0, 0.1) is 0 Å². The average Bonchev–Trinajstić information content (AvgIpc) is 4.11. The second-order valence-electron chi connectivity index (χ2n) is 17.9. The van der Waals surface area contributed by atoms with Gasteiger partial charge in [0.2, 0.25) is 0 Å². The van der Waals surface area contributed by atoms with Crippen LogP contribution in [0.2, 0.25) is 0 Å². The van der Waals surface area contributed by atoms with E-state index in [9.17, 15) is 0 Å². The van der Waals surface area contributed by atoms with Crippen LogP contribution in [0.25, 0.3) is 130 Å². The van der Waals surface area contributed by atoms with Crippen LogP contribution in [-0.4, -0.2) is 15.0 Å². The van der Waals surface area contributed by atoms with E-state index in [4.69, 9.17) is 19.4 Å². The minimum atomic E-state index is -0.0292. The number of nitrogens with zero attached hydrogens (tertiary/aromatic N) is 3. The first-order chi connectivity index (χ1) is 32.4. The summed E-state index contributed by atoms with van der Waals surface area (Å²) in [5.74, 6) is 1.89. The summed E-state index contributed by atoms with van der Waals surface area (Å²) < 4.78 is 11.5. The Labute approximate surface area is 388 Å². The second-order valence-corrected chi connectivity index (χ2v) is 20.0. The molecule has 13 aromatic rings. The molecular formula is C60H37N3OS2. The van der Waals surface area contributed by atoms with E-state index in [0.717, 1.165) is 59.8 Å². The molecule has 4 heterocycles. The highest BCUT2D eigenvalue weighted by molar-refractivity contribution is 7.26. The Bertz CT molecular complexity index is 4170. The number of furan rings is 1. The molecule has 4 nitrogen and oxygen atoms in total. The van der Waals surface area contributed by atoms with Gasteiger partial charge in [0.15, 0.2) is 17.5 Å². The molecule has 0 saturated carbocycles. The predicted octanol–water partition coefficient (Wildman–Crippen LogP) is 17.1. The number of benzene rings is 9. The SMILES string of the molecule is CC1(C)c2ccccc2-c2cc(-c3cccc(-c4ccc5oc6cccc(-c7nc(-c8cccc9c8sc8ccccc89)nc(-c8cccc9sc%10ccccc%10c89)n7)c6c5c4)c3)ccc21. The van der Waals surface area contributed by atoms with Crippen LogP contribution in [0.3, 0.4) is 0 Å². The fourth-order valence-corrected chi connectivity index (χ4v) is 12.9. The van der Waals surface area contributed by atoms with Gasteiger partial charge in [0.25, 0.3) is 0 Å². The Kier molecular flexibility index (Phi) is 8.04. The number of hydrogen-bond acceptors (Lipinski definition) is 6. The predicted molar refractivity (Wildman–Crippen MR) is 278 cm³/mol. The molecule has 310 valence electrons. The minimum Gasteiger partial charge on any atom is -0.456 e. The van der Waals surface area contributed by atoms with Crippen LogP contribution in [0.5, 0.6) is 0 Å². The molecule has 0 aliphatic heterocycles. The Morgan fingerprint density at radius 3 is 1.76 bits per heavy atom. The molecule has 1 aliphatic rings. The molecular weight excluding hydrogens is 843 g/mol. The van der Waals surface area contributed by atoms with Crippen LogP contribution in [0.4, 0.5) is 0 Å². The van der Waals surface area contributed by atoms with E-state index in [2.05, 4.69) is 190 Å². The molecule has 0 fully saturated rings. The molecule has 14 rings (SSSR count). The lowest BCUT2D eigenvalue weighted by atomic mass is 9.82. The fraction of sp³-hybridized carbons (Fsp3) is 0.0500. The molecule has 0 spiro atoms. The maximum atomic E-state index is 6.64. The van der Waals surface area contributed by atoms with Crippen LogP contribution in [-0.2, 0) is 5.41 Å². The van der Waals surface area contributed by atoms with Crippen LogP contribution < -0.4 is 0 Å². The van der Waals surface area contributed by atoms with Gasteiger partial charge in [-0.3, -0.25) is 0 Å². The van der Waals surface area contributed by atoms with Gasteiger partial charge in [-0.05, 0) is 99.1 Å². The first-order valence-electron chi connectivity index (χ1n) is 22.3. The van der Waals surface area contributed by atoms with Crippen molar-refractivity contribution in [2.75, 3.05) is 0 Å². The third kappa shape index (κ3) is 5.59. The van der Waals surface area contributed by atoms with E-state index in [-0.39, 0.29) is 5.41 Å². The summed E-state index contributed by atoms with van der Waals surface area (Å²) in [6.07, 6.45) is 0. The van der Waals surface area contributed by atoms with Crippen LogP contribution in [0.15, 0.2) is 192 Å². The van der Waals surface area contributed by atoms with E-state index in [1.165, 1.54) is 63.6 Å². The van der Waals surface area contributed by atoms with Crippen molar-refractivity contribution in [1.29, 1.82) is 0 Å². The highest BCUT2D eigenvalue weighted by Crippen LogP contribution is 2.50. The molecule has 66 heavy (non-hydrogen) atoms. The van der Waals surface area contributed by atoms with Crippen LogP contribution >= 0.6 is 22.7 Å². The molecule has 0 atom stereocenters. The number of fused-ring (bicyclic) bond motifs is 12. The molecule has 6 heteroatoms. The van der Waals surface area contributed by atoms with Gasteiger partial charge in [-0.25, -0.2) is 15.0 Å². The molecule has 0 amide bonds. The fourth-order valence-electron chi connectivity index (χ4n) is 10.6. The highest BCUT2D eigenvalue weighted by atomic mass is 32.1. The first-order valence-corrected chi connectivity index (χ1v) is 24.0. The van der Waals surface area contributed by atoms with Gasteiger partial charge in [0.05, 0.1) is 0 Å². The molecule has 0 unspecified atom stereocenters. The van der Waals surface area contributed by atoms with Gasteiger partial charge in [-0.15, -0.1) is 22.7 Å². The molecule has 0 N–H and O–H groups in total. The largest absolute Gasteiger partial charge is 0.456 e. The number of rotatable bonds is 5. The summed E-state index contributed by atoms with van der Waals surface area (Å²) in [6.45, 7) is 4.66. The lowest BCUT2D eigenvalue weighted by Gasteiger charge is -2.21. The average molecular weight is 880 g/mol. The van der Waals surface area contributed by atoms with Crippen molar-refractivity contribution in [1.82, 2.24) is 15.0 Å². The lowest BCUT2D eigenvalue weighted by Crippen LogP contribution is -2.14. The summed E-state index contributed by atoms with van der Waals surface area (Å²) in [7, 11) is 0. The minimum absolute atomic E-state index is 0.0292. The van der Waals surface area contributed by atoms with Gasteiger partial charge in [0.1, 0.15) is 11.2 Å². The maximum Gasteiger partial charge on any atom is 0.165 e. The first kappa shape index (κ1) is 37.6. The molecule has 4 aromatic heterocycles. The topological polar surface area (TPSA) is 51.8 Å². The number of thiophene rings is 2. The number of hydrogen-bond donors (Lipinski definition) is 0. The Hall–Kier alpha value is -7.77. The molecule has 1 aliphatic carbocycles. The smallest absolute Gasteiger partial charge is 0.165 e. The summed E-state index contributed by atoms with van der Waals surface area (Å²) in [6, 6.07) is 67.6. The van der Waals surface area contributed by atoms with E-state index < -0.39 is 0 Å². The van der Waals surface area contributed by atoms with E-state index in [1.54, 1.807) is 22.7 Å². The van der Waals surface area contributed by atoms with Gasteiger partial charge < -0.3 is 4.42 Å². The van der Waals surface area contributed by atoms with Crippen molar-refractivity contribution in [2.24, 2.45) is 0 Å². The van der Waals surface area contributed by atoms with Crippen molar-refractivity contribution in [3.8, 4) is 67.5 Å². The molecule has 0 bridgehead atoms. The van der Waals surface area contributed by atoms with Gasteiger partial charge >= 0.3 is 0 Å². The van der Waals surface area contributed by atoms with Crippen molar-refractivity contribution in [3.63, 3.8) is 0 Å². The van der Waals surface area contributed by atoms with Crippen molar-refractivity contribution < 1.29 is 4.42 Å². The van der Waals surface area contributed by atoms with E-state index in [1.807, 2.05) is 12.1 Å².